The van der Waals surface area contributed by atoms with Crippen LogP contribution < -0.4 is 4.90 Å². The zero-order chi connectivity index (χ0) is 22.7. The van der Waals surface area contributed by atoms with Gasteiger partial charge in [0.05, 0.1) is 22.7 Å². The fraction of sp³-hybridized carbons (Fsp3) is 0.652. The molecule has 9 heteroatoms. The van der Waals surface area contributed by atoms with Crippen molar-refractivity contribution in [3.8, 4) is 0 Å². The number of anilines is 1. The summed E-state index contributed by atoms with van der Waals surface area (Å²) in [5, 5.41) is 11.4. The number of hydrogen-bond donors (Lipinski definition) is 0. The van der Waals surface area contributed by atoms with Gasteiger partial charge < -0.3 is 14.7 Å². The van der Waals surface area contributed by atoms with E-state index in [1.165, 1.54) is 12.1 Å². The summed E-state index contributed by atoms with van der Waals surface area (Å²) in [6.07, 6.45) is 4.26. The van der Waals surface area contributed by atoms with Crippen molar-refractivity contribution >= 4 is 23.2 Å². The van der Waals surface area contributed by atoms with Gasteiger partial charge >= 0.3 is 0 Å². The van der Waals surface area contributed by atoms with Crippen LogP contribution in [0.1, 0.15) is 43.0 Å². The van der Waals surface area contributed by atoms with E-state index in [0.29, 0.717) is 44.2 Å². The lowest BCUT2D eigenvalue weighted by Crippen LogP contribution is -2.51. The van der Waals surface area contributed by atoms with E-state index in [1.54, 1.807) is 11.0 Å². The Morgan fingerprint density at radius 1 is 0.969 bits per heavy atom. The topological polar surface area (TPSA) is 90.2 Å². The summed E-state index contributed by atoms with van der Waals surface area (Å²) in [5.74, 6) is 0.662. The van der Waals surface area contributed by atoms with E-state index in [0.717, 1.165) is 57.5 Å². The molecule has 4 rings (SSSR count). The summed E-state index contributed by atoms with van der Waals surface area (Å²) in [4.78, 5) is 44.7. The second kappa shape index (κ2) is 9.85. The monoisotopic (exact) mass is 443 g/mol. The summed E-state index contributed by atoms with van der Waals surface area (Å²) >= 11 is 0. The second-order valence-corrected chi connectivity index (χ2v) is 9.28. The largest absolute Gasteiger partial charge is 0.371 e. The summed E-state index contributed by atoms with van der Waals surface area (Å²) in [5.41, 5.74) is 1.15. The van der Waals surface area contributed by atoms with Gasteiger partial charge in [0.25, 0.3) is 11.6 Å². The average Bonchev–Trinajstić information content (AvgIpc) is 3.34. The maximum atomic E-state index is 13.4. The molecule has 3 saturated heterocycles. The van der Waals surface area contributed by atoms with Gasteiger partial charge in [0.1, 0.15) is 0 Å². The number of carbonyl (C=O) groups excluding carboxylic acids is 2. The first-order valence-electron chi connectivity index (χ1n) is 11.7. The van der Waals surface area contributed by atoms with E-state index < -0.39 is 4.92 Å². The first-order chi connectivity index (χ1) is 15.4. The number of rotatable bonds is 5. The Labute approximate surface area is 189 Å². The maximum absolute atomic E-state index is 13.4. The molecular weight excluding hydrogens is 410 g/mol. The van der Waals surface area contributed by atoms with Gasteiger partial charge in [-0.1, -0.05) is 6.92 Å². The molecule has 3 aliphatic heterocycles. The predicted octanol–water partition coefficient (Wildman–Crippen LogP) is 2.21. The number of piperidine rings is 1. The normalized spacial score (nSPS) is 20.6. The van der Waals surface area contributed by atoms with Crippen LogP contribution in [0.4, 0.5) is 11.4 Å². The van der Waals surface area contributed by atoms with Gasteiger partial charge in [-0.25, -0.2) is 0 Å². The van der Waals surface area contributed by atoms with E-state index in [2.05, 4.69) is 16.7 Å². The van der Waals surface area contributed by atoms with Crippen molar-refractivity contribution in [1.82, 2.24) is 14.7 Å². The molecular formula is C23H33N5O4. The van der Waals surface area contributed by atoms with Crippen molar-refractivity contribution in [3.05, 3.63) is 33.9 Å². The molecule has 3 aliphatic rings. The molecule has 0 unspecified atom stereocenters. The van der Waals surface area contributed by atoms with Crippen LogP contribution in [0, 0.1) is 16.0 Å². The fourth-order valence-electron chi connectivity index (χ4n) is 4.87. The molecule has 3 fully saturated rings. The van der Waals surface area contributed by atoms with Gasteiger partial charge in [-0.3, -0.25) is 24.6 Å². The van der Waals surface area contributed by atoms with Crippen LogP contribution in [0.2, 0.25) is 0 Å². The van der Waals surface area contributed by atoms with Crippen LogP contribution in [0.5, 0.6) is 0 Å². The Balaban J connectivity index is 1.43. The number of piperazine rings is 1. The third-order valence-electron chi connectivity index (χ3n) is 7.02. The number of non-ortho nitro benzene ring substituents is 1. The molecule has 3 heterocycles. The summed E-state index contributed by atoms with van der Waals surface area (Å²) in [6, 6.07) is 4.65. The van der Waals surface area contributed by atoms with Crippen LogP contribution in [0.15, 0.2) is 18.2 Å². The van der Waals surface area contributed by atoms with Crippen molar-refractivity contribution < 1.29 is 14.5 Å². The van der Waals surface area contributed by atoms with Crippen molar-refractivity contribution in [1.29, 1.82) is 0 Å². The molecule has 0 aromatic heterocycles. The zero-order valence-electron chi connectivity index (χ0n) is 18.9. The van der Waals surface area contributed by atoms with Crippen LogP contribution in [0.3, 0.4) is 0 Å². The second-order valence-electron chi connectivity index (χ2n) is 9.28. The minimum Gasteiger partial charge on any atom is -0.371 e. The van der Waals surface area contributed by atoms with Crippen LogP contribution in [0.25, 0.3) is 0 Å². The highest BCUT2D eigenvalue weighted by Gasteiger charge is 2.29. The van der Waals surface area contributed by atoms with E-state index in [-0.39, 0.29) is 17.5 Å². The molecule has 9 nitrogen and oxygen atoms in total. The molecule has 2 amide bonds. The highest BCUT2D eigenvalue weighted by atomic mass is 16.6. The molecule has 0 N–H and O–H groups in total. The minimum atomic E-state index is -0.444. The number of carbonyl (C=O) groups is 2. The van der Waals surface area contributed by atoms with Gasteiger partial charge in [-0.15, -0.1) is 0 Å². The number of amides is 2. The SMILES string of the molecule is CC1CCN(c2ccc([N+](=O)[O-])cc2C(=O)N2CCN(CC(=O)N3CCCC3)CC2)CC1. The summed E-state index contributed by atoms with van der Waals surface area (Å²) in [6.45, 7) is 8.34. The van der Waals surface area contributed by atoms with Crippen molar-refractivity contribution in [2.24, 2.45) is 5.92 Å². The maximum Gasteiger partial charge on any atom is 0.270 e. The van der Waals surface area contributed by atoms with Crippen LogP contribution in [-0.4, -0.2) is 90.3 Å². The Bertz CT molecular complexity index is 854. The van der Waals surface area contributed by atoms with E-state index in [4.69, 9.17) is 0 Å². The number of hydrogen-bond acceptors (Lipinski definition) is 6. The molecule has 1 aromatic carbocycles. The lowest BCUT2D eigenvalue weighted by atomic mass is 9.97. The molecule has 1 aromatic rings. The smallest absolute Gasteiger partial charge is 0.270 e. The van der Waals surface area contributed by atoms with Gasteiger partial charge in [0.2, 0.25) is 5.91 Å². The van der Waals surface area contributed by atoms with Gasteiger partial charge in [0.15, 0.2) is 0 Å². The highest BCUT2D eigenvalue weighted by molar-refractivity contribution is 6.00. The first-order valence-corrected chi connectivity index (χ1v) is 11.7. The third kappa shape index (κ3) is 5.03. The molecule has 0 aliphatic carbocycles. The Morgan fingerprint density at radius 2 is 1.62 bits per heavy atom. The van der Waals surface area contributed by atoms with E-state index in [9.17, 15) is 19.7 Å². The Hall–Kier alpha value is -2.68. The lowest BCUT2D eigenvalue weighted by Gasteiger charge is -2.37. The zero-order valence-corrected chi connectivity index (χ0v) is 18.9. The number of nitrogens with zero attached hydrogens (tertiary/aromatic N) is 5. The quantitative estimate of drug-likeness (QED) is 0.512. The molecule has 0 bridgehead atoms. The first kappa shape index (κ1) is 22.5. The predicted molar refractivity (Wildman–Crippen MR) is 122 cm³/mol. The number of likely N-dealkylation sites (tertiary alicyclic amines) is 1. The average molecular weight is 444 g/mol. The lowest BCUT2D eigenvalue weighted by molar-refractivity contribution is -0.384. The number of nitro benzene ring substituents is 1. The Kier molecular flexibility index (Phi) is 6.93. The van der Waals surface area contributed by atoms with E-state index >= 15 is 0 Å². The molecule has 32 heavy (non-hydrogen) atoms. The van der Waals surface area contributed by atoms with Gasteiger partial charge in [-0.2, -0.15) is 0 Å². The van der Waals surface area contributed by atoms with Gasteiger partial charge in [-0.05, 0) is 37.7 Å². The van der Waals surface area contributed by atoms with Crippen molar-refractivity contribution in [3.63, 3.8) is 0 Å². The Morgan fingerprint density at radius 3 is 2.25 bits per heavy atom. The number of benzene rings is 1. The molecule has 0 atom stereocenters. The minimum absolute atomic E-state index is 0.0580. The molecule has 174 valence electrons. The standard InChI is InChI=1S/C23H33N5O4/c1-18-6-10-25(11-7-18)21-5-4-19(28(31)32)16-20(21)23(30)27-14-12-24(13-15-27)17-22(29)26-8-2-3-9-26/h4-5,16,18H,2-3,6-15,17H2,1H3. The number of nitro groups is 1. The molecule has 0 spiro atoms. The van der Waals surface area contributed by atoms with Crippen molar-refractivity contribution in [2.45, 2.75) is 32.6 Å². The van der Waals surface area contributed by atoms with Gasteiger partial charge in [0, 0.05) is 64.5 Å². The molecule has 0 saturated carbocycles. The van der Waals surface area contributed by atoms with E-state index in [1.807, 2.05) is 4.90 Å². The van der Waals surface area contributed by atoms with Crippen LogP contribution in [-0.2, 0) is 4.79 Å². The summed E-state index contributed by atoms with van der Waals surface area (Å²) in [7, 11) is 0. The third-order valence-corrected chi connectivity index (χ3v) is 7.02. The van der Waals surface area contributed by atoms with Crippen LogP contribution >= 0.6 is 0 Å². The fourth-order valence-corrected chi connectivity index (χ4v) is 4.87. The molecule has 0 radical (unpaired) electrons. The highest BCUT2D eigenvalue weighted by Crippen LogP contribution is 2.30. The summed E-state index contributed by atoms with van der Waals surface area (Å²) < 4.78 is 0. The van der Waals surface area contributed by atoms with Crippen molar-refractivity contribution in [2.75, 3.05) is 63.8 Å².